The molecule has 17 heavy (non-hydrogen) atoms. The first kappa shape index (κ1) is 12.6. The maximum absolute atomic E-state index is 12.1. The van der Waals surface area contributed by atoms with Crippen LogP contribution in [0.5, 0.6) is 0 Å². The van der Waals surface area contributed by atoms with Crippen molar-refractivity contribution in [3.63, 3.8) is 0 Å². The van der Waals surface area contributed by atoms with Gasteiger partial charge in [0.1, 0.15) is 5.78 Å². The zero-order valence-electron chi connectivity index (χ0n) is 10.3. The first-order chi connectivity index (χ1) is 8.24. The van der Waals surface area contributed by atoms with Crippen LogP contribution in [-0.4, -0.2) is 15.6 Å². The molecule has 1 aliphatic carbocycles. The van der Waals surface area contributed by atoms with Gasteiger partial charge in [0.15, 0.2) is 0 Å². The number of hydrogen-bond acceptors (Lipinski definition) is 2. The molecule has 0 bridgehead atoms. The van der Waals surface area contributed by atoms with Crippen LogP contribution in [0, 0.1) is 0 Å². The molecule has 1 fully saturated rings. The standard InChI is InChI=1S/C13H19ClN2O/c1-2-8-16-13(11(14)9-15-16)10-6-4-3-5-7-12(10)17/h9-10H,2-8H2,1H3. The van der Waals surface area contributed by atoms with Gasteiger partial charge in [0.05, 0.1) is 22.8 Å². The largest absolute Gasteiger partial charge is 0.299 e. The molecule has 1 aliphatic rings. The smallest absolute Gasteiger partial charge is 0.141 e. The van der Waals surface area contributed by atoms with Gasteiger partial charge in [-0.1, -0.05) is 31.4 Å². The predicted molar refractivity (Wildman–Crippen MR) is 68.4 cm³/mol. The van der Waals surface area contributed by atoms with Crippen molar-refractivity contribution >= 4 is 17.4 Å². The van der Waals surface area contributed by atoms with E-state index in [9.17, 15) is 4.79 Å². The molecule has 1 saturated carbocycles. The number of carbonyl (C=O) groups is 1. The number of Topliss-reactive ketones (excluding diaryl/α,β-unsaturated/α-hetero) is 1. The highest BCUT2D eigenvalue weighted by molar-refractivity contribution is 6.31. The predicted octanol–water partition coefficient (Wildman–Crippen LogP) is 3.56. The number of halogens is 1. The monoisotopic (exact) mass is 254 g/mol. The van der Waals surface area contributed by atoms with Crippen LogP contribution >= 0.6 is 11.6 Å². The molecule has 0 N–H and O–H groups in total. The Kier molecular flexibility index (Phi) is 4.21. The van der Waals surface area contributed by atoms with Gasteiger partial charge in [0.2, 0.25) is 0 Å². The fourth-order valence-electron chi connectivity index (χ4n) is 2.56. The molecule has 3 nitrogen and oxygen atoms in total. The van der Waals surface area contributed by atoms with Crippen molar-refractivity contribution in [3.05, 3.63) is 16.9 Å². The molecule has 1 unspecified atom stereocenters. The quantitative estimate of drug-likeness (QED) is 0.773. The van der Waals surface area contributed by atoms with Crippen LogP contribution < -0.4 is 0 Å². The Labute approximate surface area is 107 Å². The van der Waals surface area contributed by atoms with E-state index in [2.05, 4.69) is 12.0 Å². The molecule has 2 rings (SSSR count). The Balaban J connectivity index is 2.30. The summed E-state index contributed by atoms with van der Waals surface area (Å²) in [6.07, 6.45) is 7.59. The van der Waals surface area contributed by atoms with Gasteiger partial charge >= 0.3 is 0 Å². The van der Waals surface area contributed by atoms with Crippen molar-refractivity contribution in [2.45, 2.75) is 57.9 Å². The Morgan fingerprint density at radius 2 is 2.29 bits per heavy atom. The number of ketones is 1. The normalized spacial score (nSPS) is 21.5. The van der Waals surface area contributed by atoms with Gasteiger partial charge in [-0.3, -0.25) is 9.48 Å². The zero-order chi connectivity index (χ0) is 12.3. The van der Waals surface area contributed by atoms with Crippen LogP contribution in [0.15, 0.2) is 6.20 Å². The first-order valence-electron chi connectivity index (χ1n) is 6.48. The van der Waals surface area contributed by atoms with E-state index in [1.54, 1.807) is 6.20 Å². The van der Waals surface area contributed by atoms with E-state index in [0.717, 1.165) is 44.3 Å². The number of aryl methyl sites for hydroxylation is 1. The molecule has 1 heterocycles. The van der Waals surface area contributed by atoms with E-state index in [1.165, 1.54) is 0 Å². The van der Waals surface area contributed by atoms with E-state index < -0.39 is 0 Å². The summed E-state index contributed by atoms with van der Waals surface area (Å²) in [4.78, 5) is 12.1. The summed E-state index contributed by atoms with van der Waals surface area (Å²) < 4.78 is 1.91. The summed E-state index contributed by atoms with van der Waals surface area (Å²) >= 11 is 6.20. The average molecular weight is 255 g/mol. The Bertz CT molecular complexity index is 400. The SMILES string of the molecule is CCCn1ncc(Cl)c1C1CCCCCC1=O. The zero-order valence-corrected chi connectivity index (χ0v) is 11.0. The minimum Gasteiger partial charge on any atom is -0.299 e. The molecule has 1 atom stereocenters. The fraction of sp³-hybridized carbons (Fsp3) is 0.692. The Morgan fingerprint density at radius 1 is 1.47 bits per heavy atom. The fourth-order valence-corrected chi connectivity index (χ4v) is 2.83. The summed E-state index contributed by atoms with van der Waals surface area (Å²) in [6, 6.07) is 0. The van der Waals surface area contributed by atoms with Crippen LogP contribution in [0.25, 0.3) is 0 Å². The third-order valence-electron chi connectivity index (χ3n) is 3.40. The number of hydrogen-bond donors (Lipinski definition) is 0. The lowest BCUT2D eigenvalue weighted by Gasteiger charge is -2.15. The molecule has 94 valence electrons. The minimum absolute atomic E-state index is 0.0287. The van der Waals surface area contributed by atoms with Crippen molar-refractivity contribution in [3.8, 4) is 0 Å². The van der Waals surface area contributed by atoms with Gasteiger partial charge < -0.3 is 0 Å². The lowest BCUT2D eigenvalue weighted by atomic mass is 9.95. The van der Waals surface area contributed by atoms with Crippen LogP contribution in [0.2, 0.25) is 5.02 Å². The summed E-state index contributed by atoms with van der Waals surface area (Å²) in [7, 11) is 0. The van der Waals surface area contributed by atoms with Crippen molar-refractivity contribution in [2.24, 2.45) is 0 Å². The second-order valence-electron chi connectivity index (χ2n) is 4.72. The summed E-state index contributed by atoms with van der Waals surface area (Å²) in [5.74, 6) is 0.307. The number of aromatic nitrogens is 2. The second-order valence-corrected chi connectivity index (χ2v) is 5.13. The minimum atomic E-state index is -0.0287. The van der Waals surface area contributed by atoms with E-state index in [0.29, 0.717) is 17.2 Å². The summed E-state index contributed by atoms with van der Waals surface area (Å²) in [6.45, 7) is 2.94. The summed E-state index contributed by atoms with van der Waals surface area (Å²) in [5, 5.41) is 4.93. The third-order valence-corrected chi connectivity index (χ3v) is 3.69. The van der Waals surface area contributed by atoms with Gasteiger partial charge in [-0.05, 0) is 19.3 Å². The van der Waals surface area contributed by atoms with Crippen LogP contribution in [0.1, 0.15) is 57.1 Å². The highest BCUT2D eigenvalue weighted by Gasteiger charge is 2.27. The molecule has 1 aromatic heterocycles. The summed E-state index contributed by atoms with van der Waals surface area (Å²) in [5.41, 5.74) is 0.945. The highest BCUT2D eigenvalue weighted by Crippen LogP contribution is 2.33. The van der Waals surface area contributed by atoms with Crippen LogP contribution in [0.4, 0.5) is 0 Å². The van der Waals surface area contributed by atoms with Gasteiger partial charge in [-0.2, -0.15) is 5.10 Å². The number of nitrogens with zero attached hydrogens (tertiary/aromatic N) is 2. The van der Waals surface area contributed by atoms with Crippen molar-refractivity contribution in [2.75, 3.05) is 0 Å². The van der Waals surface area contributed by atoms with Crippen molar-refractivity contribution < 1.29 is 4.79 Å². The van der Waals surface area contributed by atoms with Gasteiger partial charge in [-0.25, -0.2) is 0 Å². The number of carbonyl (C=O) groups excluding carboxylic acids is 1. The molecular formula is C13H19ClN2O. The average Bonchev–Trinajstić information content (AvgIpc) is 2.53. The van der Waals surface area contributed by atoms with E-state index in [-0.39, 0.29) is 5.92 Å². The van der Waals surface area contributed by atoms with Gasteiger partial charge in [-0.15, -0.1) is 0 Å². The Hall–Kier alpha value is -0.830. The molecule has 0 aromatic carbocycles. The number of rotatable bonds is 3. The molecule has 0 amide bonds. The second kappa shape index (κ2) is 5.67. The van der Waals surface area contributed by atoms with E-state index in [1.807, 2.05) is 4.68 Å². The van der Waals surface area contributed by atoms with Crippen LogP contribution in [-0.2, 0) is 11.3 Å². The molecular weight excluding hydrogens is 236 g/mol. The highest BCUT2D eigenvalue weighted by atomic mass is 35.5. The molecule has 0 radical (unpaired) electrons. The third kappa shape index (κ3) is 2.71. The first-order valence-corrected chi connectivity index (χ1v) is 6.85. The van der Waals surface area contributed by atoms with Gasteiger partial charge in [0.25, 0.3) is 0 Å². The lowest BCUT2D eigenvalue weighted by molar-refractivity contribution is -0.120. The van der Waals surface area contributed by atoms with E-state index in [4.69, 9.17) is 11.6 Å². The van der Waals surface area contributed by atoms with Crippen LogP contribution in [0.3, 0.4) is 0 Å². The maximum Gasteiger partial charge on any atom is 0.141 e. The maximum atomic E-state index is 12.1. The molecule has 1 aromatic rings. The Morgan fingerprint density at radius 3 is 3.06 bits per heavy atom. The molecule has 0 spiro atoms. The van der Waals surface area contributed by atoms with Crippen molar-refractivity contribution in [1.29, 1.82) is 0 Å². The van der Waals surface area contributed by atoms with Crippen molar-refractivity contribution in [1.82, 2.24) is 9.78 Å². The van der Waals surface area contributed by atoms with E-state index >= 15 is 0 Å². The molecule has 0 aliphatic heterocycles. The van der Waals surface area contributed by atoms with Gasteiger partial charge in [0, 0.05) is 13.0 Å². The molecule has 4 heteroatoms. The molecule has 0 saturated heterocycles. The topological polar surface area (TPSA) is 34.9 Å². The lowest BCUT2D eigenvalue weighted by Crippen LogP contribution is -2.16.